The molecule has 2 aromatic carbocycles. The first-order valence-electron chi connectivity index (χ1n) is 6.20. The average Bonchev–Trinajstić information content (AvgIpc) is 2.46. The van der Waals surface area contributed by atoms with E-state index in [1.165, 1.54) is 0 Å². The van der Waals surface area contributed by atoms with Gasteiger partial charge in [-0.15, -0.1) is 0 Å². The van der Waals surface area contributed by atoms with Crippen molar-refractivity contribution in [1.82, 2.24) is 4.98 Å². The van der Waals surface area contributed by atoms with E-state index in [1.807, 2.05) is 67.7 Å². The molecule has 1 heterocycles. The number of rotatable bonds is 2. The minimum absolute atomic E-state index is 0.0454. The quantitative estimate of drug-likeness (QED) is 0.645. The zero-order valence-electron chi connectivity index (χ0n) is 10.6. The van der Waals surface area contributed by atoms with E-state index in [-0.39, 0.29) is 5.78 Å². The van der Waals surface area contributed by atoms with Gasteiger partial charge >= 0.3 is 0 Å². The molecule has 1 aromatic heterocycles. The molecule has 0 aliphatic carbocycles. The highest BCUT2D eigenvalue weighted by Crippen LogP contribution is 2.17. The Bertz CT molecular complexity index is 748. The average molecular weight is 247 g/mol. The van der Waals surface area contributed by atoms with E-state index in [4.69, 9.17) is 0 Å². The van der Waals surface area contributed by atoms with Gasteiger partial charge in [-0.3, -0.25) is 9.78 Å². The second-order valence-electron chi connectivity index (χ2n) is 4.62. The summed E-state index contributed by atoms with van der Waals surface area (Å²) in [4.78, 5) is 16.7. The smallest absolute Gasteiger partial charge is 0.193 e. The third-order valence-corrected chi connectivity index (χ3v) is 3.12. The van der Waals surface area contributed by atoms with Crippen molar-refractivity contribution < 1.29 is 4.79 Å². The van der Waals surface area contributed by atoms with E-state index in [0.29, 0.717) is 11.1 Å². The van der Waals surface area contributed by atoms with Crippen LogP contribution in [0.5, 0.6) is 0 Å². The first-order chi connectivity index (χ1) is 9.24. The molecule has 0 amide bonds. The van der Waals surface area contributed by atoms with Gasteiger partial charge in [-0.2, -0.15) is 0 Å². The number of aromatic nitrogens is 1. The normalized spacial score (nSPS) is 10.6. The van der Waals surface area contributed by atoms with Crippen LogP contribution in [0.1, 0.15) is 21.5 Å². The molecule has 0 radical (unpaired) electrons. The lowest BCUT2D eigenvalue weighted by atomic mass is 10.0. The van der Waals surface area contributed by atoms with E-state index in [1.54, 1.807) is 0 Å². The van der Waals surface area contributed by atoms with Crippen molar-refractivity contribution in [2.45, 2.75) is 6.92 Å². The maximum Gasteiger partial charge on any atom is 0.193 e. The maximum atomic E-state index is 12.4. The number of pyridine rings is 1. The molecule has 19 heavy (non-hydrogen) atoms. The molecule has 92 valence electrons. The molecule has 2 heteroatoms. The molecule has 0 saturated carbocycles. The van der Waals surface area contributed by atoms with E-state index >= 15 is 0 Å². The SMILES string of the molecule is Cc1cnc2ccc(C(=O)c3ccccc3)cc2c1. The van der Waals surface area contributed by atoms with Gasteiger partial charge in [0.05, 0.1) is 5.52 Å². The summed E-state index contributed by atoms with van der Waals surface area (Å²) in [7, 11) is 0. The third-order valence-electron chi connectivity index (χ3n) is 3.12. The lowest BCUT2D eigenvalue weighted by Gasteiger charge is -2.04. The third kappa shape index (κ3) is 2.25. The molecule has 3 rings (SSSR count). The number of ketones is 1. The van der Waals surface area contributed by atoms with Crippen LogP contribution in [0.3, 0.4) is 0 Å². The molecule has 0 atom stereocenters. The Morgan fingerprint density at radius 1 is 0.947 bits per heavy atom. The predicted molar refractivity (Wildman–Crippen MR) is 76.4 cm³/mol. The molecule has 0 saturated heterocycles. The van der Waals surface area contributed by atoms with Crippen molar-refractivity contribution in [2.75, 3.05) is 0 Å². The second kappa shape index (κ2) is 4.65. The van der Waals surface area contributed by atoms with Gasteiger partial charge in [0.25, 0.3) is 0 Å². The summed E-state index contributed by atoms with van der Waals surface area (Å²) in [5.74, 6) is 0.0454. The Hall–Kier alpha value is -2.48. The number of hydrogen-bond acceptors (Lipinski definition) is 2. The van der Waals surface area contributed by atoms with Crippen molar-refractivity contribution in [2.24, 2.45) is 0 Å². The van der Waals surface area contributed by atoms with E-state index in [0.717, 1.165) is 16.5 Å². The van der Waals surface area contributed by atoms with Crippen LogP contribution in [0, 0.1) is 6.92 Å². The largest absolute Gasteiger partial charge is 0.289 e. The molecular weight excluding hydrogens is 234 g/mol. The molecular formula is C17H13NO. The van der Waals surface area contributed by atoms with Gasteiger partial charge < -0.3 is 0 Å². The molecule has 0 N–H and O–H groups in total. The van der Waals surface area contributed by atoms with Crippen LogP contribution < -0.4 is 0 Å². The highest BCUT2D eigenvalue weighted by Gasteiger charge is 2.09. The Labute approximate surface area is 111 Å². The van der Waals surface area contributed by atoms with Crippen LogP contribution in [0.4, 0.5) is 0 Å². The number of fused-ring (bicyclic) bond motifs is 1. The summed E-state index contributed by atoms with van der Waals surface area (Å²) in [6, 6.07) is 17.0. The van der Waals surface area contributed by atoms with Gasteiger partial charge in [0.2, 0.25) is 0 Å². The van der Waals surface area contributed by atoms with E-state index in [2.05, 4.69) is 4.98 Å². The molecule has 2 nitrogen and oxygen atoms in total. The maximum absolute atomic E-state index is 12.4. The fraction of sp³-hybridized carbons (Fsp3) is 0.0588. The van der Waals surface area contributed by atoms with Gasteiger partial charge in [-0.05, 0) is 36.8 Å². The molecule has 0 fully saturated rings. The Morgan fingerprint density at radius 2 is 1.74 bits per heavy atom. The minimum atomic E-state index is 0.0454. The Morgan fingerprint density at radius 3 is 2.53 bits per heavy atom. The van der Waals surface area contributed by atoms with Gasteiger partial charge in [0, 0.05) is 22.7 Å². The summed E-state index contributed by atoms with van der Waals surface area (Å²) < 4.78 is 0. The summed E-state index contributed by atoms with van der Waals surface area (Å²) >= 11 is 0. The second-order valence-corrected chi connectivity index (χ2v) is 4.62. The first-order valence-corrected chi connectivity index (χ1v) is 6.20. The fourth-order valence-corrected chi connectivity index (χ4v) is 2.14. The number of nitrogens with zero attached hydrogens (tertiary/aromatic N) is 1. The summed E-state index contributed by atoms with van der Waals surface area (Å²) in [5, 5.41) is 1.00. The molecule has 0 aliphatic heterocycles. The number of carbonyl (C=O) groups is 1. The van der Waals surface area contributed by atoms with Crippen molar-refractivity contribution in [3.63, 3.8) is 0 Å². The Kier molecular flexibility index (Phi) is 2.84. The van der Waals surface area contributed by atoms with Gasteiger partial charge in [-0.25, -0.2) is 0 Å². The van der Waals surface area contributed by atoms with E-state index < -0.39 is 0 Å². The monoisotopic (exact) mass is 247 g/mol. The lowest BCUT2D eigenvalue weighted by Crippen LogP contribution is -2.00. The van der Waals surface area contributed by atoms with Crippen molar-refractivity contribution in [3.8, 4) is 0 Å². The number of hydrogen-bond donors (Lipinski definition) is 0. The zero-order valence-corrected chi connectivity index (χ0v) is 10.6. The molecule has 0 spiro atoms. The van der Waals surface area contributed by atoms with Crippen molar-refractivity contribution in [3.05, 3.63) is 77.5 Å². The molecule has 0 bridgehead atoms. The highest BCUT2D eigenvalue weighted by atomic mass is 16.1. The van der Waals surface area contributed by atoms with Crippen LogP contribution in [-0.2, 0) is 0 Å². The molecule has 0 aliphatic rings. The summed E-state index contributed by atoms with van der Waals surface area (Å²) in [6.45, 7) is 2.00. The predicted octanol–water partition coefficient (Wildman–Crippen LogP) is 3.77. The van der Waals surface area contributed by atoms with Crippen molar-refractivity contribution >= 4 is 16.7 Å². The standard InChI is InChI=1S/C17H13NO/c1-12-9-15-10-14(7-8-16(15)18-11-12)17(19)13-5-3-2-4-6-13/h2-11H,1H3. The van der Waals surface area contributed by atoms with Crippen LogP contribution in [0.2, 0.25) is 0 Å². The fourth-order valence-electron chi connectivity index (χ4n) is 2.14. The zero-order chi connectivity index (χ0) is 13.2. The topological polar surface area (TPSA) is 30.0 Å². The van der Waals surface area contributed by atoms with Crippen LogP contribution in [0.25, 0.3) is 10.9 Å². The summed E-state index contributed by atoms with van der Waals surface area (Å²) in [6.07, 6.45) is 1.83. The van der Waals surface area contributed by atoms with Gasteiger partial charge in [0.1, 0.15) is 0 Å². The minimum Gasteiger partial charge on any atom is -0.289 e. The first kappa shape index (κ1) is 11.6. The number of benzene rings is 2. The number of carbonyl (C=O) groups excluding carboxylic acids is 1. The van der Waals surface area contributed by atoms with Gasteiger partial charge in [-0.1, -0.05) is 30.3 Å². The van der Waals surface area contributed by atoms with E-state index in [9.17, 15) is 4.79 Å². The van der Waals surface area contributed by atoms with Gasteiger partial charge in [0.15, 0.2) is 5.78 Å². The lowest BCUT2D eigenvalue weighted by molar-refractivity contribution is 0.103. The molecule has 0 unspecified atom stereocenters. The van der Waals surface area contributed by atoms with Crippen LogP contribution in [-0.4, -0.2) is 10.8 Å². The summed E-state index contributed by atoms with van der Waals surface area (Å²) in [5.41, 5.74) is 3.42. The Balaban J connectivity index is 2.08. The van der Waals surface area contributed by atoms with Crippen molar-refractivity contribution in [1.29, 1.82) is 0 Å². The highest BCUT2D eigenvalue weighted by molar-refractivity contribution is 6.10. The molecule has 3 aromatic rings. The van der Waals surface area contributed by atoms with Crippen LogP contribution in [0.15, 0.2) is 60.8 Å². The number of aryl methyl sites for hydroxylation is 1. The van der Waals surface area contributed by atoms with Crippen LogP contribution >= 0.6 is 0 Å².